The van der Waals surface area contributed by atoms with Crippen LogP contribution in [0.4, 0.5) is 11.4 Å². The van der Waals surface area contributed by atoms with Gasteiger partial charge in [0.25, 0.3) is 11.8 Å². The van der Waals surface area contributed by atoms with Crippen molar-refractivity contribution in [3.05, 3.63) is 101 Å². The first-order valence-corrected chi connectivity index (χ1v) is 21.3. The number of thioether (sulfide) groups is 1. The van der Waals surface area contributed by atoms with Gasteiger partial charge in [0.05, 0.1) is 6.61 Å². The Morgan fingerprint density at radius 3 is 2.00 bits per heavy atom. The number of anilines is 2. The summed E-state index contributed by atoms with van der Waals surface area (Å²) in [5.41, 5.74) is 3.63. The standard InChI is InChI=1S/C37H43N3O11P2S/c1-39-31-15-8-6-13-29(31)36(30-14-7-9-16-32(30)39)37(51-52(44,45)46)54-28-20-18-27(19-21-28)50-53(47,48)49-26-12-3-2-10-24-38-33(41)17-5-4-11-25-40-34(42)22-23-35(40)43/h6-9,13-16,18-23H,2-5,10-12,17,24-26H2,1H3,(H,38,41)(H,47,48)(H2,44,45,46). The van der Waals surface area contributed by atoms with Gasteiger partial charge in [-0.3, -0.25) is 38.5 Å². The van der Waals surface area contributed by atoms with Crippen LogP contribution in [0, 0.1) is 0 Å². The van der Waals surface area contributed by atoms with Crippen molar-refractivity contribution in [2.45, 2.75) is 56.3 Å². The highest BCUT2D eigenvalue weighted by Crippen LogP contribution is 2.53. The van der Waals surface area contributed by atoms with Crippen molar-refractivity contribution >= 4 is 62.1 Å². The second-order valence-electron chi connectivity index (χ2n) is 12.5. The highest BCUT2D eigenvalue weighted by Gasteiger charge is 2.31. The van der Waals surface area contributed by atoms with Gasteiger partial charge in [-0.15, -0.1) is 0 Å². The minimum absolute atomic E-state index is 0.00641. The fraction of sp³-hybridized carbons (Fsp3) is 0.324. The van der Waals surface area contributed by atoms with Crippen molar-refractivity contribution < 1.29 is 51.8 Å². The van der Waals surface area contributed by atoms with Crippen molar-refractivity contribution in [2.75, 3.05) is 31.6 Å². The summed E-state index contributed by atoms with van der Waals surface area (Å²) < 4.78 is 40.4. The smallest absolute Gasteiger partial charge is 0.404 e. The molecule has 0 aromatic heterocycles. The Hall–Kier alpha value is -4.20. The number of carbonyl (C=O) groups excluding carboxylic acids is 3. The van der Waals surface area contributed by atoms with E-state index in [9.17, 15) is 38.2 Å². The molecule has 3 amide bonds. The predicted octanol–water partition coefficient (Wildman–Crippen LogP) is 7.04. The number of fused-ring (bicyclic) bond motifs is 2. The van der Waals surface area contributed by atoms with E-state index in [1.54, 1.807) is 12.1 Å². The number of rotatable bonds is 20. The van der Waals surface area contributed by atoms with E-state index in [1.165, 1.54) is 29.2 Å². The molecule has 3 aromatic rings. The topological polar surface area (TPSA) is 192 Å². The van der Waals surface area contributed by atoms with Crippen LogP contribution in [-0.2, 0) is 32.6 Å². The van der Waals surface area contributed by atoms with Crippen LogP contribution in [0.5, 0.6) is 5.75 Å². The zero-order valence-electron chi connectivity index (χ0n) is 29.7. The highest BCUT2D eigenvalue weighted by atomic mass is 32.2. The summed E-state index contributed by atoms with van der Waals surface area (Å²) in [7, 11) is -7.50. The van der Waals surface area contributed by atoms with Crippen LogP contribution in [0.1, 0.15) is 62.5 Å². The van der Waals surface area contributed by atoms with Crippen LogP contribution in [0.15, 0.2) is 94.9 Å². The van der Waals surface area contributed by atoms with E-state index in [4.69, 9.17) is 13.6 Å². The number of imide groups is 1. The van der Waals surface area contributed by atoms with Gasteiger partial charge in [-0.05, 0) is 62.1 Å². The molecule has 0 aliphatic carbocycles. The minimum atomic E-state index is -4.98. The summed E-state index contributed by atoms with van der Waals surface area (Å²) in [5.74, 6) is -0.587. The fourth-order valence-electron chi connectivity index (χ4n) is 5.97. The molecule has 14 nitrogen and oxygen atoms in total. The number of carbonyl (C=O) groups is 3. The van der Waals surface area contributed by atoms with E-state index < -0.39 is 15.6 Å². The van der Waals surface area contributed by atoms with E-state index in [-0.39, 0.29) is 35.2 Å². The first-order valence-electron chi connectivity index (χ1n) is 17.5. The lowest BCUT2D eigenvalue weighted by Gasteiger charge is -2.32. The Kier molecular flexibility index (Phi) is 14.3. The number of benzene rings is 3. The van der Waals surface area contributed by atoms with Gasteiger partial charge in [-0.1, -0.05) is 67.4 Å². The molecule has 4 N–H and O–H groups in total. The molecule has 2 aliphatic rings. The molecule has 0 saturated carbocycles. The molecule has 0 fully saturated rings. The van der Waals surface area contributed by atoms with Gasteiger partial charge < -0.3 is 19.3 Å². The van der Waals surface area contributed by atoms with Gasteiger partial charge in [0.15, 0.2) is 5.09 Å². The van der Waals surface area contributed by atoms with Crippen molar-refractivity contribution in [3.63, 3.8) is 0 Å². The molecule has 5 rings (SSSR count). The molecule has 0 spiro atoms. The number of amides is 3. The summed E-state index contributed by atoms with van der Waals surface area (Å²) in [5, 5.41) is 2.86. The maximum Gasteiger partial charge on any atom is 0.527 e. The van der Waals surface area contributed by atoms with Crippen molar-refractivity contribution in [3.8, 4) is 5.75 Å². The summed E-state index contributed by atoms with van der Waals surface area (Å²) in [6, 6.07) is 21.0. The Morgan fingerprint density at radius 1 is 0.778 bits per heavy atom. The largest absolute Gasteiger partial charge is 0.527 e. The van der Waals surface area contributed by atoms with Gasteiger partial charge in [-0.2, -0.15) is 0 Å². The van der Waals surface area contributed by atoms with E-state index in [2.05, 4.69) is 5.32 Å². The van der Waals surface area contributed by atoms with Crippen molar-refractivity contribution in [1.29, 1.82) is 0 Å². The SMILES string of the molecule is CN1c2ccccc2C(=C(OP(=O)(O)O)Sc2ccc(OP(=O)(O)OCCCCCCNC(=O)CCCCCN3C(=O)C=CC3=O)cc2)c2ccccc21. The van der Waals surface area contributed by atoms with Gasteiger partial charge >= 0.3 is 15.6 Å². The van der Waals surface area contributed by atoms with Gasteiger partial charge in [0.2, 0.25) is 5.91 Å². The molecule has 17 heteroatoms. The van der Waals surface area contributed by atoms with Gasteiger partial charge in [-0.25, -0.2) is 9.13 Å². The third-order valence-electron chi connectivity index (χ3n) is 8.56. The zero-order chi connectivity index (χ0) is 38.7. The number of para-hydroxylation sites is 2. The zero-order valence-corrected chi connectivity index (χ0v) is 32.3. The van der Waals surface area contributed by atoms with Crippen LogP contribution < -0.4 is 14.7 Å². The third-order valence-corrected chi connectivity index (χ3v) is 11.0. The molecule has 288 valence electrons. The van der Waals surface area contributed by atoms with Crippen LogP contribution in [0.3, 0.4) is 0 Å². The normalized spacial score (nSPS) is 14.8. The number of hydrogen-bond donors (Lipinski definition) is 4. The first kappa shape index (κ1) is 41.0. The lowest BCUT2D eigenvalue weighted by molar-refractivity contribution is -0.137. The monoisotopic (exact) mass is 799 g/mol. The second kappa shape index (κ2) is 18.9. The van der Waals surface area contributed by atoms with Crippen LogP contribution >= 0.6 is 27.4 Å². The Morgan fingerprint density at radius 2 is 1.37 bits per heavy atom. The highest BCUT2D eigenvalue weighted by molar-refractivity contribution is 8.03. The maximum absolute atomic E-state index is 12.6. The van der Waals surface area contributed by atoms with Crippen molar-refractivity contribution in [1.82, 2.24) is 10.2 Å². The Labute approximate surface area is 318 Å². The molecule has 1 atom stereocenters. The number of phosphoric acid groups is 2. The lowest BCUT2D eigenvalue weighted by Crippen LogP contribution is -2.30. The third kappa shape index (κ3) is 11.6. The second-order valence-corrected chi connectivity index (χ2v) is 16.1. The summed E-state index contributed by atoms with van der Waals surface area (Å²) in [6.45, 7) is 0.862. The summed E-state index contributed by atoms with van der Waals surface area (Å²) in [4.78, 5) is 68.9. The van der Waals surface area contributed by atoms with Crippen molar-refractivity contribution in [2.24, 2.45) is 0 Å². The molecule has 0 bridgehead atoms. The van der Waals surface area contributed by atoms with Crippen LogP contribution in [-0.4, -0.2) is 64.0 Å². The molecule has 2 aliphatic heterocycles. The van der Waals surface area contributed by atoms with E-state index >= 15 is 0 Å². The van der Waals surface area contributed by atoms with E-state index in [0.29, 0.717) is 55.7 Å². The van der Waals surface area contributed by atoms with E-state index in [1.807, 2.05) is 60.5 Å². The molecule has 3 aromatic carbocycles. The summed E-state index contributed by atoms with van der Waals surface area (Å²) in [6.07, 6.45) is 7.67. The van der Waals surface area contributed by atoms with Crippen LogP contribution in [0.25, 0.3) is 5.57 Å². The van der Waals surface area contributed by atoms with Gasteiger partial charge in [0, 0.05) is 71.7 Å². The molecule has 0 radical (unpaired) electrons. The number of phosphoric ester groups is 2. The molecular formula is C37H43N3O11P2S. The summed E-state index contributed by atoms with van der Waals surface area (Å²) >= 11 is 0.996. The average Bonchev–Trinajstić information content (AvgIpc) is 3.45. The molecule has 54 heavy (non-hydrogen) atoms. The number of hydrogen-bond acceptors (Lipinski definition) is 10. The first-order chi connectivity index (χ1) is 25.8. The average molecular weight is 800 g/mol. The molecule has 2 heterocycles. The number of nitrogens with zero attached hydrogens (tertiary/aromatic N) is 2. The van der Waals surface area contributed by atoms with Gasteiger partial charge in [0.1, 0.15) is 5.75 Å². The molecule has 1 unspecified atom stereocenters. The Bertz CT molecular complexity index is 1920. The molecule has 0 saturated heterocycles. The predicted molar refractivity (Wildman–Crippen MR) is 205 cm³/mol. The quantitative estimate of drug-likeness (QED) is 0.0299. The minimum Gasteiger partial charge on any atom is -0.404 e. The lowest BCUT2D eigenvalue weighted by atomic mass is 9.91. The number of unbranched alkanes of at least 4 members (excludes halogenated alkanes) is 5. The maximum atomic E-state index is 12.6. The number of nitrogens with one attached hydrogen (secondary N) is 1. The fourth-order valence-corrected chi connectivity index (χ4v) is 8.33. The Balaban J connectivity index is 1.04. The molecular weight excluding hydrogens is 756 g/mol. The van der Waals surface area contributed by atoms with Crippen LogP contribution in [0.2, 0.25) is 0 Å². The van der Waals surface area contributed by atoms with E-state index in [0.717, 1.165) is 53.5 Å².